The first-order chi connectivity index (χ1) is 4.90. The summed E-state index contributed by atoms with van der Waals surface area (Å²) in [5, 5.41) is 2.97. The Bertz CT molecular complexity index is 169. The van der Waals surface area contributed by atoms with Gasteiger partial charge in [-0.3, -0.25) is 4.79 Å². The molecule has 1 fully saturated rings. The zero-order valence-electron chi connectivity index (χ0n) is 7.77. The fourth-order valence-electron chi connectivity index (χ4n) is 1.15. The summed E-state index contributed by atoms with van der Waals surface area (Å²) < 4.78 is 0. The van der Waals surface area contributed by atoms with E-state index in [2.05, 4.69) is 12.2 Å². The molecule has 0 spiro atoms. The van der Waals surface area contributed by atoms with E-state index in [1.165, 1.54) is 0 Å². The highest BCUT2D eigenvalue weighted by Crippen LogP contribution is 2.37. The summed E-state index contributed by atoms with van der Waals surface area (Å²) in [4.78, 5) is 11.3. The van der Waals surface area contributed by atoms with Gasteiger partial charge in [-0.15, -0.1) is 0 Å². The highest BCUT2D eigenvalue weighted by Gasteiger charge is 2.39. The first-order valence-corrected chi connectivity index (χ1v) is 4.22. The maximum absolute atomic E-state index is 11.3. The molecule has 1 N–H and O–H groups in total. The van der Waals surface area contributed by atoms with Gasteiger partial charge in [-0.25, -0.2) is 0 Å². The van der Waals surface area contributed by atoms with Gasteiger partial charge in [0.15, 0.2) is 0 Å². The van der Waals surface area contributed by atoms with E-state index in [-0.39, 0.29) is 11.4 Å². The lowest BCUT2D eigenvalue weighted by molar-refractivity contribution is -0.124. The predicted octanol–water partition coefficient (Wildman–Crippen LogP) is 1.56. The van der Waals surface area contributed by atoms with Crippen LogP contribution in [0.15, 0.2) is 0 Å². The van der Waals surface area contributed by atoms with Gasteiger partial charge in [0, 0.05) is 11.5 Å². The molecule has 1 amide bonds. The van der Waals surface area contributed by atoms with Crippen molar-refractivity contribution in [1.82, 2.24) is 5.32 Å². The van der Waals surface area contributed by atoms with Gasteiger partial charge < -0.3 is 5.32 Å². The van der Waals surface area contributed by atoms with Crippen molar-refractivity contribution < 1.29 is 4.79 Å². The van der Waals surface area contributed by atoms with E-state index < -0.39 is 0 Å². The monoisotopic (exact) mass is 155 g/mol. The summed E-state index contributed by atoms with van der Waals surface area (Å²) in [6, 6.07) is 0. The molecular weight excluding hydrogens is 138 g/mol. The second-order valence-electron chi connectivity index (χ2n) is 4.56. The minimum absolute atomic E-state index is 0.0700. The van der Waals surface area contributed by atoms with Crippen molar-refractivity contribution in [2.24, 2.45) is 11.8 Å². The molecule has 2 heteroatoms. The number of carbonyl (C=O) groups is 1. The normalized spacial score (nSPS) is 29.8. The molecule has 0 radical (unpaired) electrons. The van der Waals surface area contributed by atoms with Crippen LogP contribution in [0.1, 0.15) is 34.1 Å². The Morgan fingerprint density at radius 3 is 2.18 bits per heavy atom. The minimum Gasteiger partial charge on any atom is -0.351 e. The molecule has 11 heavy (non-hydrogen) atoms. The number of carbonyl (C=O) groups excluding carboxylic acids is 1. The fraction of sp³-hybridized carbons (Fsp3) is 0.889. The van der Waals surface area contributed by atoms with Gasteiger partial charge in [-0.05, 0) is 33.1 Å². The summed E-state index contributed by atoms with van der Waals surface area (Å²) in [7, 11) is 0. The zero-order valence-corrected chi connectivity index (χ0v) is 7.77. The third-order valence-electron chi connectivity index (χ3n) is 1.94. The van der Waals surface area contributed by atoms with Crippen LogP contribution in [0.4, 0.5) is 0 Å². The summed E-state index contributed by atoms with van der Waals surface area (Å²) >= 11 is 0. The van der Waals surface area contributed by atoms with Crippen molar-refractivity contribution in [1.29, 1.82) is 0 Å². The second-order valence-corrected chi connectivity index (χ2v) is 4.56. The molecule has 0 unspecified atom stereocenters. The van der Waals surface area contributed by atoms with Crippen LogP contribution >= 0.6 is 0 Å². The molecular formula is C9H17NO. The molecule has 1 rings (SSSR count). The number of nitrogens with one attached hydrogen (secondary N) is 1. The number of hydrogen-bond acceptors (Lipinski definition) is 1. The van der Waals surface area contributed by atoms with Crippen molar-refractivity contribution in [2.45, 2.75) is 39.7 Å². The smallest absolute Gasteiger partial charge is 0.223 e. The van der Waals surface area contributed by atoms with Gasteiger partial charge in [0.05, 0.1) is 0 Å². The topological polar surface area (TPSA) is 29.1 Å². The number of amides is 1. The summed E-state index contributed by atoms with van der Waals surface area (Å²) in [6.45, 7) is 8.15. The Labute approximate surface area is 68.4 Å². The molecule has 1 aliphatic rings. The predicted molar refractivity (Wildman–Crippen MR) is 45.2 cm³/mol. The molecule has 0 aromatic heterocycles. The number of hydrogen-bond donors (Lipinski definition) is 1. The Morgan fingerprint density at radius 1 is 1.45 bits per heavy atom. The van der Waals surface area contributed by atoms with Gasteiger partial charge >= 0.3 is 0 Å². The van der Waals surface area contributed by atoms with Crippen molar-refractivity contribution in [3.8, 4) is 0 Å². The van der Waals surface area contributed by atoms with E-state index >= 15 is 0 Å². The van der Waals surface area contributed by atoms with E-state index in [0.717, 1.165) is 6.42 Å². The van der Waals surface area contributed by atoms with Crippen LogP contribution in [0.2, 0.25) is 0 Å². The van der Waals surface area contributed by atoms with Gasteiger partial charge in [-0.1, -0.05) is 6.92 Å². The van der Waals surface area contributed by atoms with Crippen molar-refractivity contribution in [2.75, 3.05) is 0 Å². The molecule has 2 nitrogen and oxygen atoms in total. The average Bonchev–Trinajstić information content (AvgIpc) is 2.41. The molecule has 1 aliphatic carbocycles. The Balaban J connectivity index is 2.33. The van der Waals surface area contributed by atoms with E-state index in [1.54, 1.807) is 0 Å². The van der Waals surface area contributed by atoms with E-state index in [9.17, 15) is 4.79 Å². The third kappa shape index (κ3) is 2.52. The average molecular weight is 155 g/mol. The molecule has 0 bridgehead atoms. The van der Waals surface area contributed by atoms with Crippen molar-refractivity contribution >= 4 is 5.91 Å². The van der Waals surface area contributed by atoms with Crippen molar-refractivity contribution in [3.05, 3.63) is 0 Å². The Morgan fingerprint density at radius 2 is 1.91 bits per heavy atom. The summed E-state index contributed by atoms with van der Waals surface area (Å²) in [6.07, 6.45) is 1.07. The molecule has 0 aromatic rings. The molecule has 0 aromatic carbocycles. The van der Waals surface area contributed by atoms with E-state index in [0.29, 0.717) is 11.8 Å². The van der Waals surface area contributed by atoms with Crippen LogP contribution in [0.25, 0.3) is 0 Å². The van der Waals surface area contributed by atoms with Crippen LogP contribution in [0, 0.1) is 11.8 Å². The van der Waals surface area contributed by atoms with Crippen LogP contribution in [0.5, 0.6) is 0 Å². The lowest BCUT2D eigenvalue weighted by Crippen LogP contribution is -2.41. The highest BCUT2D eigenvalue weighted by molar-refractivity contribution is 5.81. The maximum Gasteiger partial charge on any atom is 0.223 e. The second kappa shape index (κ2) is 2.50. The van der Waals surface area contributed by atoms with Gasteiger partial charge in [0.2, 0.25) is 5.91 Å². The fourth-order valence-corrected chi connectivity index (χ4v) is 1.15. The van der Waals surface area contributed by atoms with E-state index in [1.807, 2.05) is 20.8 Å². The molecule has 0 aliphatic heterocycles. The molecule has 2 atom stereocenters. The lowest BCUT2D eigenvalue weighted by Gasteiger charge is -2.20. The molecule has 64 valence electrons. The van der Waals surface area contributed by atoms with Gasteiger partial charge in [0.1, 0.15) is 0 Å². The van der Waals surface area contributed by atoms with Crippen LogP contribution in [-0.4, -0.2) is 11.4 Å². The SMILES string of the molecule is C[C@@H]1C[C@H]1C(=O)NC(C)(C)C. The van der Waals surface area contributed by atoms with Gasteiger partial charge in [0.25, 0.3) is 0 Å². The Hall–Kier alpha value is -0.530. The molecule has 0 saturated heterocycles. The first kappa shape index (κ1) is 8.57. The van der Waals surface area contributed by atoms with Crippen LogP contribution < -0.4 is 5.32 Å². The van der Waals surface area contributed by atoms with Gasteiger partial charge in [-0.2, -0.15) is 0 Å². The van der Waals surface area contributed by atoms with E-state index in [4.69, 9.17) is 0 Å². The quantitative estimate of drug-likeness (QED) is 0.611. The standard InChI is InChI=1S/C9H17NO/c1-6-5-7(6)8(11)10-9(2,3)4/h6-7H,5H2,1-4H3,(H,10,11)/t6-,7-/m1/s1. The summed E-state index contributed by atoms with van der Waals surface area (Å²) in [5.74, 6) is 1.14. The lowest BCUT2D eigenvalue weighted by atomic mass is 10.1. The minimum atomic E-state index is -0.0700. The zero-order chi connectivity index (χ0) is 8.65. The highest BCUT2D eigenvalue weighted by atomic mass is 16.2. The maximum atomic E-state index is 11.3. The van der Waals surface area contributed by atoms with Crippen LogP contribution in [-0.2, 0) is 4.79 Å². The Kier molecular flexibility index (Phi) is 1.95. The van der Waals surface area contributed by atoms with Crippen LogP contribution in [0.3, 0.4) is 0 Å². The largest absolute Gasteiger partial charge is 0.351 e. The molecule has 0 heterocycles. The van der Waals surface area contributed by atoms with Crippen molar-refractivity contribution in [3.63, 3.8) is 0 Å². The molecule has 1 saturated carbocycles. The summed E-state index contributed by atoms with van der Waals surface area (Å²) in [5.41, 5.74) is -0.0700. The third-order valence-corrected chi connectivity index (χ3v) is 1.94. The number of rotatable bonds is 1. The first-order valence-electron chi connectivity index (χ1n) is 4.22.